The van der Waals surface area contributed by atoms with Crippen LogP contribution in [0.2, 0.25) is 5.02 Å². The molecule has 0 aliphatic carbocycles. The fourth-order valence-corrected chi connectivity index (χ4v) is 3.27. The molecule has 1 unspecified atom stereocenters. The van der Waals surface area contributed by atoms with Crippen LogP contribution in [-0.2, 0) is 9.59 Å². The Morgan fingerprint density at radius 1 is 1.33 bits per heavy atom. The van der Waals surface area contributed by atoms with Gasteiger partial charge in [0.25, 0.3) is 0 Å². The van der Waals surface area contributed by atoms with E-state index in [1.807, 2.05) is 24.3 Å². The molecule has 1 fully saturated rings. The summed E-state index contributed by atoms with van der Waals surface area (Å²) in [6.07, 6.45) is 1.84. The normalized spacial score (nSPS) is 18.0. The molecule has 114 valence electrons. The second-order valence-electron chi connectivity index (χ2n) is 5.07. The van der Waals surface area contributed by atoms with Crippen molar-refractivity contribution in [2.24, 2.45) is 5.92 Å². The van der Waals surface area contributed by atoms with Crippen LogP contribution in [0.5, 0.6) is 0 Å². The number of carbonyl (C=O) groups excluding carboxylic acids is 1. The van der Waals surface area contributed by atoms with Crippen LogP contribution >= 0.6 is 23.4 Å². The lowest BCUT2D eigenvalue weighted by atomic mass is 10.1. The first-order valence-electron chi connectivity index (χ1n) is 6.95. The van der Waals surface area contributed by atoms with E-state index in [9.17, 15) is 9.59 Å². The van der Waals surface area contributed by atoms with E-state index in [2.05, 4.69) is 0 Å². The first kappa shape index (κ1) is 16.2. The number of benzene rings is 1. The van der Waals surface area contributed by atoms with Crippen LogP contribution in [0.15, 0.2) is 29.2 Å². The number of aliphatic carboxylic acids is 1. The number of halogens is 1. The average Bonchev–Trinajstić information content (AvgIpc) is 2.95. The first-order chi connectivity index (χ1) is 10.1. The smallest absolute Gasteiger partial charge is 0.308 e. The molecule has 0 bridgehead atoms. The number of carboxylic acid groups (broad SMARTS) is 1. The molecule has 1 aromatic rings. The molecule has 1 heterocycles. The largest absolute Gasteiger partial charge is 0.481 e. The van der Waals surface area contributed by atoms with E-state index in [4.69, 9.17) is 16.7 Å². The number of nitrogens with zero attached hydrogens (tertiary/aromatic N) is 1. The van der Waals surface area contributed by atoms with E-state index in [0.717, 1.165) is 22.1 Å². The summed E-state index contributed by atoms with van der Waals surface area (Å²) in [5.74, 6) is -0.264. The minimum absolute atomic E-state index is 0.0652. The molecular formula is C15H18ClNO3S. The molecule has 0 aromatic heterocycles. The third kappa shape index (κ3) is 4.93. The van der Waals surface area contributed by atoms with Crippen LogP contribution in [0.3, 0.4) is 0 Å². The molecule has 1 atom stereocenters. The Balaban J connectivity index is 1.66. The number of carbonyl (C=O) groups is 2. The SMILES string of the molecule is O=C(O)C1CCN(C(=O)CCCSc2ccc(Cl)cc2)C1. The summed E-state index contributed by atoms with van der Waals surface area (Å²) in [5, 5.41) is 9.64. The number of hydrogen-bond donors (Lipinski definition) is 1. The van der Waals surface area contributed by atoms with Gasteiger partial charge in [-0.15, -0.1) is 11.8 Å². The Bertz CT molecular complexity index is 506. The molecule has 1 aliphatic rings. The van der Waals surface area contributed by atoms with Gasteiger partial charge in [0.1, 0.15) is 0 Å². The van der Waals surface area contributed by atoms with Gasteiger partial charge < -0.3 is 10.0 Å². The summed E-state index contributed by atoms with van der Waals surface area (Å²) in [6.45, 7) is 0.929. The van der Waals surface area contributed by atoms with Gasteiger partial charge in [-0.3, -0.25) is 9.59 Å². The zero-order chi connectivity index (χ0) is 15.2. The lowest BCUT2D eigenvalue weighted by molar-refractivity contribution is -0.141. The number of likely N-dealkylation sites (tertiary alicyclic amines) is 1. The molecule has 1 aromatic carbocycles. The van der Waals surface area contributed by atoms with Crippen LogP contribution in [0.25, 0.3) is 0 Å². The van der Waals surface area contributed by atoms with Gasteiger partial charge in [-0.2, -0.15) is 0 Å². The summed E-state index contributed by atoms with van der Waals surface area (Å²) in [4.78, 5) is 25.6. The number of carboxylic acids is 1. The van der Waals surface area contributed by atoms with Gasteiger partial charge in [-0.1, -0.05) is 11.6 Å². The van der Waals surface area contributed by atoms with Gasteiger partial charge in [-0.25, -0.2) is 0 Å². The molecule has 0 saturated carbocycles. The van der Waals surface area contributed by atoms with Gasteiger partial charge in [0.05, 0.1) is 5.92 Å². The summed E-state index contributed by atoms with van der Waals surface area (Å²) in [5.41, 5.74) is 0. The Morgan fingerprint density at radius 2 is 2.05 bits per heavy atom. The lowest BCUT2D eigenvalue weighted by Gasteiger charge is -2.15. The van der Waals surface area contributed by atoms with Crippen LogP contribution < -0.4 is 0 Å². The van der Waals surface area contributed by atoms with Crippen molar-refractivity contribution < 1.29 is 14.7 Å². The van der Waals surface area contributed by atoms with Crippen molar-refractivity contribution >= 4 is 35.2 Å². The quantitative estimate of drug-likeness (QED) is 0.644. The predicted molar refractivity (Wildman–Crippen MR) is 83.7 cm³/mol. The first-order valence-corrected chi connectivity index (χ1v) is 8.31. The third-order valence-electron chi connectivity index (χ3n) is 3.51. The second kappa shape index (κ2) is 7.71. The summed E-state index contributed by atoms with van der Waals surface area (Å²) in [6, 6.07) is 7.64. The summed E-state index contributed by atoms with van der Waals surface area (Å²) < 4.78 is 0. The van der Waals surface area contributed by atoms with Gasteiger partial charge in [0.2, 0.25) is 5.91 Å². The van der Waals surface area contributed by atoms with Crippen molar-refractivity contribution in [1.29, 1.82) is 0 Å². The third-order valence-corrected chi connectivity index (χ3v) is 4.86. The topological polar surface area (TPSA) is 57.6 Å². The number of rotatable bonds is 6. The van der Waals surface area contributed by atoms with Crippen molar-refractivity contribution in [3.8, 4) is 0 Å². The summed E-state index contributed by atoms with van der Waals surface area (Å²) in [7, 11) is 0. The van der Waals surface area contributed by atoms with Crippen molar-refractivity contribution in [3.63, 3.8) is 0 Å². The van der Waals surface area contributed by atoms with E-state index < -0.39 is 11.9 Å². The average molecular weight is 328 g/mol. The fourth-order valence-electron chi connectivity index (χ4n) is 2.29. The minimum atomic E-state index is -0.802. The number of amides is 1. The van der Waals surface area contributed by atoms with Crippen molar-refractivity contribution in [2.75, 3.05) is 18.8 Å². The Labute approximate surface area is 133 Å². The van der Waals surface area contributed by atoms with E-state index in [-0.39, 0.29) is 5.91 Å². The van der Waals surface area contributed by atoms with Gasteiger partial charge in [0.15, 0.2) is 0 Å². The minimum Gasteiger partial charge on any atom is -0.481 e. The van der Waals surface area contributed by atoms with Gasteiger partial charge in [0, 0.05) is 29.4 Å². The van der Waals surface area contributed by atoms with E-state index >= 15 is 0 Å². The zero-order valence-electron chi connectivity index (χ0n) is 11.6. The highest BCUT2D eigenvalue weighted by Crippen LogP contribution is 2.22. The summed E-state index contributed by atoms with van der Waals surface area (Å²) >= 11 is 7.52. The molecule has 2 rings (SSSR count). The zero-order valence-corrected chi connectivity index (χ0v) is 13.2. The molecular weight excluding hydrogens is 310 g/mol. The van der Waals surface area contributed by atoms with Crippen LogP contribution in [-0.4, -0.2) is 40.7 Å². The molecule has 1 saturated heterocycles. The molecule has 21 heavy (non-hydrogen) atoms. The molecule has 6 heteroatoms. The van der Waals surface area contributed by atoms with Gasteiger partial charge >= 0.3 is 5.97 Å². The molecule has 0 spiro atoms. The highest BCUT2D eigenvalue weighted by atomic mass is 35.5. The highest BCUT2D eigenvalue weighted by molar-refractivity contribution is 7.99. The monoisotopic (exact) mass is 327 g/mol. The lowest BCUT2D eigenvalue weighted by Crippen LogP contribution is -2.29. The van der Waals surface area contributed by atoms with Gasteiger partial charge in [-0.05, 0) is 42.9 Å². The maximum Gasteiger partial charge on any atom is 0.308 e. The van der Waals surface area contributed by atoms with E-state index in [1.54, 1.807) is 16.7 Å². The number of thioether (sulfide) groups is 1. The molecule has 4 nitrogen and oxygen atoms in total. The second-order valence-corrected chi connectivity index (χ2v) is 6.67. The van der Waals surface area contributed by atoms with Crippen molar-refractivity contribution in [1.82, 2.24) is 4.90 Å². The Morgan fingerprint density at radius 3 is 2.67 bits per heavy atom. The number of hydrogen-bond acceptors (Lipinski definition) is 3. The maximum absolute atomic E-state index is 12.0. The van der Waals surface area contributed by atoms with E-state index in [0.29, 0.717) is 25.9 Å². The Kier molecular flexibility index (Phi) is 5.94. The van der Waals surface area contributed by atoms with Crippen molar-refractivity contribution in [3.05, 3.63) is 29.3 Å². The fraction of sp³-hybridized carbons (Fsp3) is 0.467. The molecule has 1 N–H and O–H groups in total. The molecule has 1 amide bonds. The van der Waals surface area contributed by atoms with Crippen LogP contribution in [0, 0.1) is 5.92 Å². The van der Waals surface area contributed by atoms with Crippen molar-refractivity contribution in [2.45, 2.75) is 24.2 Å². The highest BCUT2D eigenvalue weighted by Gasteiger charge is 2.30. The Hall–Kier alpha value is -1.20. The van der Waals surface area contributed by atoms with Crippen LogP contribution in [0.1, 0.15) is 19.3 Å². The molecule has 0 radical (unpaired) electrons. The molecule has 1 aliphatic heterocycles. The maximum atomic E-state index is 12.0. The standard InChI is InChI=1S/C15H18ClNO3S/c16-12-3-5-13(6-4-12)21-9-1-2-14(18)17-8-7-11(10-17)15(19)20/h3-6,11H,1-2,7-10H2,(H,19,20). The van der Waals surface area contributed by atoms with Crippen LogP contribution in [0.4, 0.5) is 0 Å². The van der Waals surface area contributed by atoms with E-state index in [1.165, 1.54) is 0 Å². The predicted octanol–water partition coefficient (Wildman–Crippen LogP) is 3.15.